The number of nitrogens with zero attached hydrogens (tertiary/aromatic N) is 3. The maximum Gasteiger partial charge on any atom is 0.415 e. The number of nitro benzene ring substituents is 1. The number of esters is 1. The van der Waals surface area contributed by atoms with Gasteiger partial charge in [-0.15, -0.1) is 0 Å². The molecule has 0 aromatic heterocycles. The minimum atomic E-state index is -0.667. The van der Waals surface area contributed by atoms with E-state index >= 15 is 0 Å². The van der Waals surface area contributed by atoms with Crippen LogP contribution in [0.1, 0.15) is 17.5 Å². The number of non-ortho nitro benzene ring substituents is 1. The monoisotopic (exact) mass is 489 g/mol. The van der Waals surface area contributed by atoms with Gasteiger partial charge >= 0.3 is 12.1 Å². The van der Waals surface area contributed by atoms with Crippen LogP contribution >= 0.6 is 12.6 Å². The number of thiol groups is 1. The van der Waals surface area contributed by atoms with E-state index in [-0.39, 0.29) is 36.5 Å². The van der Waals surface area contributed by atoms with E-state index < -0.39 is 23.6 Å². The largest absolute Gasteiger partial charge is 0.497 e. The van der Waals surface area contributed by atoms with Gasteiger partial charge in [0.25, 0.3) is 5.69 Å². The third-order valence-corrected chi connectivity index (χ3v) is 5.11. The van der Waals surface area contributed by atoms with Gasteiger partial charge in [0.15, 0.2) is 5.84 Å². The molecular formula is C22H23N3O8S. The summed E-state index contributed by atoms with van der Waals surface area (Å²) in [6.45, 7) is -0.173. The number of rotatable bonds is 9. The van der Waals surface area contributed by atoms with Crippen molar-refractivity contribution in [2.24, 2.45) is 5.16 Å². The number of hydrogen-bond donors (Lipinski definition) is 1. The fourth-order valence-corrected chi connectivity index (χ4v) is 3.32. The molecule has 0 saturated carbocycles. The van der Waals surface area contributed by atoms with E-state index in [0.29, 0.717) is 17.7 Å². The van der Waals surface area contributed by atoms with Crippen LogP contribution in [0.4, 0.5) is 10.5 Å². The molecule has 3 rings (SSSR count). The number of oxime groups is 1. The van der Waals surface area contributed by atoms with Crippen molar-refractivity contribution >= 4 is 36.2 Å². The summed E-state index contributed by atoms with van der Waals surface area (Å²) >= 11 is 4.37. The quantitative estimate of drug-likeness (QED) is 0.246. The van der Waals surface area contributed by atoms with Crippen molar-refractivity contribution in [2.45, 2.75) is 24.9 Å². The van der Waals surface area contributed by atoms with Gasteiger partial charge in [-0.2, -0.15) is 12.6 Å². The van der Waals surface area contributed by atoms with E-state index in [1.807, 2.05) is 0 Å². The van der Waals surface area contributed by atoms with Gasteiger partial charge in [0.05, 0.1) is 12.0 Å². The smallest absolute Gasteiger partial charge is 0.415 e. The predicted molar refractivity (Wildman–Crippen MR) is 124 cm³/mol. The van der Waals surface area contributed by atoms with Crippen molar-refractivity contribution < 1.29 is 33.6 Å². The Morgan fingerprint density at radius 3 is 2.32 bits per heavy atom. The number of likely N-dealkylation sites (tertiary alicyclic amines) is 1. The van der Waals surface area contributed by atoms with Crippen LogP contribution in [0.3, 0.4) is 0 Å². The fraction of sp³-hybridized carbons (Fsp3) is 0.318. The third-order valence-electron chi connectivity index (χ3n) is 4.76. The topological polar surface area (TPSA) is 130 Å². The summed E-state index contributed by atoms with van der Waals surface area (Å²) in [6, 6.07) is 12.7. The lowest BCUT2D eigenvalue weighted by atomic mass is 10.2. The van der Waals surface area contributed by atoms with E-state index in [0.717, 1.165) is 5.56 Å². The first kappa shape index (κ1) is 24.8. The number of benzene rings is 2. The molecule has 12 heteroatoms. The minimum absolute atomic E-state index is 0.0540. The second-order valence-corrected chi connectivity index (χ2v) is 7.97. The zero-order valence-corrected chi connectivity index (χ0v) is 19.2. The first-order chi connectivity index (χ1) is 16.4. The normalized spacial score (nSPS) is 16.2. The Hall–Kier alpha value is -3.80. The molecule has 1 saturated heterocycles. The Bertz CT molecular complexity index is 1040. The molecule has 11 nitrogen and oxygen atoms in total. The molecule has 1 fully saturated rings. The van der Waals surface area contributed by atoms with Gasteiger partial charge in [-0.05, 0) is 35.4 Å². The van der Waals surface area contributed by atoms with Crippen LogP contribution in [0.2, 0.25) is 0 Å². The molecule has 180 valence electrons. The van der Waals surface area contributed by atoms with Crippen molar-refractivity contribution in [3.05, 3.63) is 69.8 Å². The molecule has 0 unspecified atom stereocenters. The van der Waals surface area contributed by atoms with Crippen LogP contribution in [0.5, 0.6) is 5.75 Å². The molecule has 1 amide bonds. The maximum absolute atomic E-state index is 12.5. The minimum Gasteiger partial charge on any atom is -0.497 e. The average Bonchev–Trinajstić information content (AvgIpc) is 3.22. The lowest BCUT2D eigenvalue weighted by Crippen LogP contribution is -2.33. The lowest BCUT2D eigenvalue weighted by Gasteiger charge is -2.16. The van der Waals surface area contributed by atoms with Crippen molar-refractivity contribution in [2.75, 3.05) is 20.3 Å². The fourth-order valence-electron chi connectivity index (χ4n) is 2.99. The number of carbonyl (C=O) groups excluding carboxylic acids is 2. The molecule has 0 aliphatic carbocycles. The molecule has 34 heavy (non-hydrogen) atoms. The van der Waals surface area contributed by atoms with E-state index in [9.17, 15) is 19.7 Å². The summed E-state index contributed by atoms with van der Waals surface area (Å²) in [5, 5.41) is 14.4. The predicted octanol–water partition coefficient (Wildman–Crippen LogP) is 3.32. The second kappa shape index (κ2) is 11.9. The van der Waals surface area contributed by atoms with Gasteiger partial charge in [-0.3, -0.25) is 15.0 Å². The molecule has 2 aromatic carbocycles. The van der Waals surface area contributed by atoms with Crippen LogP contribution in [-0.4, -0.2) is 53.2 Å². The molecule has 1 aliphatic heterocycles. The summed E-state index contributed by atoms with van der Waals surface area (Å²) < 4.78 is 15.5. The second-order valence-electron chi connectivity index (χ2n) is 7.24. The Labute approximate surface area is 200 Å². The van der Waals surface area contributed by atoms with Crippen LogP contribution in [0.15, 0.2) is 53.7 Å². The zero-order chi connectivity index (χ0) is 24.5. The van der Waals surface area contributed by atoms with E-state index in [2.05, 4.69) is 17.8 Å². The highest BCUT2D eigenvalue weighted by Crippen LogP contribution is 2.20. The number of carbonyl (C=O) groups is 2. The average molecular weight is 490 g/mol. The number of methoxy groups -OCH3 is 1. The van der Waals surface area contributed by atoms with Crippen molar-refractivity contribution in [1.29, 1.82) is 0 Å². The van der Waals surface area contributed by atoms with E-state index in [4.69, 9.17) is 19.0 Å². The number of nitro groups is 1. The molecular weight excluding hydrogens is 466 g/mol. The Morgan fingerprint density at radius 1 is 1.09 bits per heavy atom. The molecule has 0 spiro atoms. The van der Waals surface area contributed by atoms with Gasteiger partial charge in [0, 0.05) is 30.3 Å². The Morgan fingerprint density at radius 2 is 1.71 bits per heavy atom. The molecule has 1 aliphatic rings. The van der Waals surface area contributed by atoms with Crippen LogP contribution in [0, 0.1) is 10.1 Å². The molecule has 1 atom stereocenters. The standard InChI is InChI=1S/C22H23N3O8S/c1-30-18-8-4-16(5-9-18)12-31-21(26)14-33-23-20-10-19(34)11-24(20)22(27)32-13-15-2-6-17(7-3-15)25(28)29/h2-9,19,34H,10-14H2,1H3/b23-20-/t19-/m0/s1. The van der Waals surface area contributed by atoms with E-state index in [1.54, 1.807) is 31.4 Å². The van der Waals surface area contributed by atoms with Gasteiger partial charge < -0.3 is 19.0 Å². The molecule has 0 radical (unpaired) electrons. The Balaban J connectivity index is 1.46. The highest BCUT2D eigenvalue weighted by Gasteiger charge is 2.32. The SMILES string of the molecule is COc1ccc(COC(=O)CO/N=C2/C[C@H](S)CN2C(=O)OCc2ccc([N+](=O)[O-])cc2)cc1. The van der Waals surface area contributed by atoms with Gasteiger partial charge in [-0.25, -0.2) is 9.59 Å². The first-order valence-electron chi connectivity index (χ1n) is 10.2. The van der Waals surface area contributed by atoms with Crippen LogP contribution in [0.25, 0.3) is 0 Å². The highest BCUT2D eigenvalue weighted by atomic mass is 32.1. The van der Waals surface area contributed by atoms with Crippen LogP contribution in [-0.2, 0) is 32.3 Å². The van der Waals surface area contributed by atoms with E-state index in [1.165, 1.54) is 29.2 Å². The number of amides is 1. The third kappa shape index (κ3) is 7.10. The molecule has 1 heterocycles. The van der Waals surface area contributed by atoms with Crippen molar-refractivity contribution in [3.63, 3.8) is 0 Å². The van der Waals surface area contributed by atoms with Gasteiger partial charge in [-0.1, -0.05) is 17.3 Å². The maximum atomic E-state index is 12.5. The highest BCUT2D eigenvalue weighted by molar-refractivity contribution is 7.81. The van der Waals surface area contributed by atoms with Gasteiger partial charge in [0.1, 0.15) is 19.0 Å². The van der Waals surface area contributed by atoms with Crippen molar-refractivity contribution in [3.8, 4) is 5.75 Å². The summed E-state index contributed by atoms with van der Waals surface area (Å²) in [4.78, 5) is 40.9. The molecule has 0 bridgehead atoms. The number of amidine groups is 1. The molecule has 0 N–H and O–H groups in total. The first-order valence-corrected chi connectivity index (χ1v) is 10.7. The lowest BCUT2D eigenvalue weighted by molar-refractivity contribution is -0.384. The summed E-state index contributed by atoms with van der Waals surface area (Å²) in [6.07, 6.45) is -0.323. The summed E-state index contributed by atoms with van der Waals surface area (Å²) in [7, 11) is 1.56. The summed E-state index contributed by atoms with van der Waals surface area (Å²) in [5.41, 5.74) is 1.33. The van der Waals surface area contributed by atoms with Crippen molar-refractivity contribution in [1.82, 2.24) is 4.90 Å². The number of hydrogen-bond acceptors (Lipinski definition) is 10. The molecule has 2 aromatic rings. The summed E-state index contributed by atoms with van der Waals surface area (Å²) in [5.74, 6) is 0.355. The van der Waals surface area contributed by atoms with Crippen LogP contribution < -0.4 is 4.74 Å². The number of ether oxygens (including phenoxy) is 3. The zero-order valence-electron chi connectivity index (χ0n) is 18.3. The Kier molecular flexibility index (Phi) is 8.68. The van der Waals surface area contributed by atoms with Gasteiger partial charge in [0.2, 0.25) is 6.61 Å².